The number of aliphatic hydroxyl groups is 1. The second-order valence-corrected chi connectivity index (χ2v) is 5.33. The zero-order valence-electron chi connectivity index (χ0n) is 11.8. The standard InChI is InChI=1S/C16H13ClFN3O/c1-10-2-7-13(8-14(10)18)21-16(15(9-22)19-20-21)11-3-5-12(17)6-4-11/h2-8,22H,9H2,1H3. The summed E-state index contributed by atoms with van der Waals surface area (Å²) in [6.45, 7) is 1.44. The van der Waals surface area contributed by atoms with Crippen LogP contribution in [0.25, 0.3) is 16.9 Å². The van der Waals surface area contributed by atoms with E-state index in [0.29, 0.717) is 27.7 Å². The van der Waals surface area contributed by atoms with Crippen LogP contribution in [-0.4, -0.2) is 20.1 Å². The SMILES string of the molecule is Cc1ccc(-n2nnc(CO)c2-c2ccc(Cl)cc2)cc1F. The summed E-state index contributed by atoms with van der Waals surface area (Å²) >= 11 is 5.90. The van der Waals surface area contributed by atoms with Crippen molar-refractivity contribution >= 4 is 11.6 Å². The molecule has 0 amide bonds. The molecule has 0 aliphatic heterocycles. The fraction of sp³-hybridized carbons (Fsp3) is 0.125. The molecule has 112 valence electrons. The first kappa shape index (κ1) is 14.7. The van der Waals surface area contributed by atoms with Gasteiger partial charge in [-0.05, 0) is 36.8 Å². The summed E-state index contributed by atoms with van der Waals surface area (Å²) in [5, 5.41) is 18.1. The Kier molecular flexibility index (Phi) is 3.92. The molecule has 0 spiro atoms. The van der Waals surface area contributed by atoms with Crippen LogP contribution in [0.1, 0.15) is 11.3 Å². The highest BCUT2D eigenvalue weighted by Crippen LogP contribution is 2.27. The quantitative estimate of drug-likeness (QED) is 0.804. The lowest BCUT2D eigenvalue weighted by molar-refractivity contribution is 0.277. The minimum Gasteiger partial charge on any atom is -0.390 e. The Morgan fingerprint density at radius 2 is 1.91 bits per heavy atom. The Morgan fingerprint density at radius 3 is 2.55 bits per heavy atom. The van der Waals surface area contributed by atoms with Gasteiger partial charge in [-0.3, -0.25) is 0 Å². The predicted molar refractivity (Wildman–Crippen MR) is 82.4 cm³/mol. The number of aliphatic hydroxyl groups excluding tert-OH is 1. The van der Waals surface area contributed by atoms with Gasteiger partial charge < -0.3 is 5.11 Å². The number of aryl methyl sites for hydroxylation is 1. The average molecular weight is 318 g/mol. The van der Waals surface area contributed by atoms with Crippen LogP contribution in [0.3, 0.4) is 0 Å². The summed E-state index contributed by atoms with van der Waals surface area (Å²) in [4.78, 5) is 0. The van der Waals surface area contributed by atoms with Crippen molar-refractivity contribution in [2.75, 3.05) is 0 Å². The third-order valence-corrected chi connectivity index (χ3v) is 3.66. The molecule has 0 aliphatic carbocycles. The predicted octanol–water partition coefficient (Wildman–Crippen LogP) is 3.53. The van der Waals surface area contributed by atoms with Crippen molar-refractivity contribution in [3.05, 3.63) is 64.6 Å². The molecule has 0 saturated heterocycles. The van der Waals surface area contributed by atoms with Crippen molar-refractivity contribution in [2.24, 2.45) is 0 Å². The molecular weight excluding hydrogens is 305 g/mol. The number of rotatable bonds is 3. The highest BCUT2D eigenvalue weighted by Gasteiger charge is 2.16. The van der Waals surface area contributed by atoms with E-state index >= 15 is 0 Å². The first-order chi connectivity index (χ1) is 10.6. The van der Waals surface area contributed by atoms with Gasteiger partial charge in [0.1, 0.15) is 17.2 Å². The minimum absolute atomic E-state index is 0.258. The highest BCUT2D eigenvalue weighted by molar-refractivity contribution is 6.30. The molecule has 0 radical (unpaired) electrons. The van der Waals surface area contributed by atoms with Crippen LogP contribution in [0.5, 0.6) is 0 Å². The van der Waals surface area contributed by atoms with Crippen LogP contribution in [0.2, 0.25) is 5.02 Å². The van der Waals surface area contributed by atoms with E-state index in [0.717, 1.165) is 5.56 Å². The highest BCUT2D eigenvalue weighted by atomic mass is 35.5. The van der Waals surface area contributed by atoms with Crippen LogP contribution in [0.4, 0.5) is 4.39 Å². The normalized spacial score (nSPS) is 10.9. The molecule has 1 N–H and O–H groups in total. The molecule has 3 rings (SSSR count). The Labute approximate surface area is 131 Å². The molecule has 0 bridgehead atoms. The lowest BCUT2D eigenvalue weighted by atomic mass is 10.1. The fourth-order valence-electron chi connectivity index (χ4n) is 2.21. The second kappa shape index (κ2) is 5.87. The number of nitrogens with zero attached hydrogens (tertiary/aromatic N) is 3. The smallest absolute Gasteiger partial charge is 0.128 e. The van der Waals surface area contributed by atoms with E-state index in [1.165, 1.54) is 10.7 Å². The van der Waals surface area contributed by atoms with E-state index in [4.69, 9.17) is 11.6 Å². The molecule has 4 nitrogen and oxygen atoms in total. The largest absolute Gasteiger partial charge is 0.390 e. The molecule has 0 saturated carbocycles. The van der Waals surface area contributed by atoms with Crippen LogP contribution >= 0.6 is 11.6 Å². The van der Waals surface area contributed by atoms with Gasteiger partial charge in [0.05, 0.1) is 12.3 Å². The third-order valence-electron chi connectivity index (χ3n) is 3.41. The minimum atomic E-state index is -0.319. The number of benzene rings is 2. The van der Waals surface area contributed by atoms with E-state index in [9.17, 15) is 9.50 Å². The Balaban J connectivity index is 2.18. The maximum Gasteiger partial charge on any atom is 0.128 e. The Hall–Kier alpha value is -2.24. The third kappa shape index (κ3) is 2.61. The van der Waals surface area contributed by atoms with Crippen molar-refractivity contribution < 1.29 is 9.50 Å². The number of hydrogen-bond acceptors (Lipinski definition) is 3. The van der Waals surface area contributed by atoms with Gasteiger partial charge in [-0.1, -0.05) is 35.0 Å². The van der Waals surface area contributed by atoms with E-state index in [1.54, 1.807) is 43.3 Å². The average Bonchev–Trinajstić information content (AvgIpc) is 2.95. The first-order valence-electron chi connectivity index (χ1n) is 6.68. The maximum absolute atomic E-state index is 13.8. The van der Waals surface area contributed by atoms with E-state index in [1.807, 2.05) is 0 Å². The second-order valence-electron chi connectivity index (χ2n) is 4.90. The topological polar surface area (TPSA) is 50.9 Å². The zero-order chi connectivity index (χ0) is 15.7. The van der Waals surface area contributed by atoms with Crippen LogP contribution in [-0.2, 0) is 6.61 Å². The molecule has 2 aromatic carbocycles. The molecule has 22 heavy (non-hydrogen) atoms. The summed E-state index contributed by atoms with van der Waals surface area (Å²) in [6.07, 6.45) is 0. The molecule has 1 heterocycles. The van der Waals surface area contributed by atoms with Gasteiger partial charge >= 0.3 is 0 Å². The Bertz CT molecular complexity index is 815. The van der Waals surface area contributed by atoms with Gasteiger partial charge in [-0.15, -0.1) is 5.10 Å². The molecule has 0 aliphatic rings. The molecule has 0 fully saturated rings. The molecule has 1 aromatic heterocycles. The Morgan fingerprint density at radius 1 is 1.18 bits per heavy atom. The molecule has 3 aromatic rings. The summed E-state index contributed by atoms with van der Waals surface area (Å²) in [7, 11) is 0. The summed E-state index contributed by atoms with van der Waals surface area (Å²) < 4.78 is 15.3. The molecular formula is C16H13ClFN3O. The monoisotopic (exact) mass is 317 g/mol. The maximum atomic E-state index is 13.8. The van der Waals surface area contributed by atoms with E-state index in [2.05, 4.69) is 10.3 Å². The van der Waals surface area contributed by atoms with Crippen LogP contribution < -0.4 is 0 Å². The van der Waals surface area contributed by atoms with Gasteiger partial charge in [0.25, 0.3) is 0 Å². The van der Waals surface area contributed by atoms with Gasteiger partial charge in [-0.2, -0.15) is 0 Å². The molecule has 6 heteroatoms. The van der Waals surface area contributed by atoms with Gasteiger partial charge in [0.2, 0.25) is 0 Å². The summed E-state index contributed by atoms with van der Waals surface area (Å²) in [5.74, 6) is -0.319. The number of halogens is 2. The lowest BCUT2D eigenvalue weighted by Gasteiger charge is -2.09. The van der Waals surface area contributed by atoms with Gasteiger partial charge in [-0.25, -0.2) is 9.07 Å². The summed E-state index contributed by atoms with van der Waals surface area (Å²) in [6, 6.07) is 11.9. The van der Waals surface area contributed by atoms with Gasteiger partial charge in [0, 0.05) is 10.6 Å². The first-order valence-corrected chi connectivity index (χ1v) is 7.06. The van der Waals surface area contributed by atoms with Crippen LogP contribution in [0, 0.1) is 12.7 Å². The van der Waals surface area contributed by atoms with Crippen molar-refractivity contribution in [3.8, 4) is 16.9 Å². The van der Waals surface area contributed by atoms with Crippen molar-refractivity contribution in [3.63, 3.8) is 0 Å². The van der Waals surface area contributed by atoms with Gasteiger partial charge in [0.15, 0.2) is 0 Å². The van der Waals surface area contributed by atoms with Crippen molar-refractivity contribution in [1.82, 2.24) is 15.0 Å². The fourth-order valence-corrected chi connectivity index (χ4v) is 2.34. The van der Waals surface area contributed by atoms with E-state index in [-0.39, 0.29) is 12.4 Å². The molecule has 0 unspecified atom stereocenters. The lowest BCUT2D eigenvalue weighted by Crippen LogP contribution is -2.01. The van der Waals surface area contributed by atoms with Crippen LogP contribution in [0.15, 0.2) is 42.5 Å². The number of hydrogen-bond donors (Lipinski definition) is 1. The number of aromatic nitrogens is 3. The zero-order valence-corrected chi connectivity index (χ0v) is 12.5. The van der Waals surface area contributed by atoms with E-state index < -0.39 is 0 Å². The summed E-state index contributed by atoms with van der Waals surface area (Å²) in [5.41, 5.74) is 2.92. The molecule has 0 atom stereocenters. The van der Waals surface area contributed by atoms with Crippen molar-refractivity contribution in [1.29, 1.82) is 0 Å². The van der Waals surface area contributed by atoms with Crippen molar-refractivity contribution in [2.45, 2.75) is 13.5 Å².